The highest BCUT2D eigenvalue weighted by Gasteiger charge is 2.44. The summed E-state index contributed by atoms with van der Waals surface area (Å²) in [5.41, 5.74) is 0. The van der Waals surface area contributed by atoms with Crippen molar-refractivity contribution in [2.24, 2.45) is 0 Å². The molecule has 1 amide bonds. The highest BCUT2D eigenvalue weighted by molar-refractivity contribution is 5.80. The fraction of sp³-hybridized carbons (Fsp3) is 0.911. The first-order valence-electron chi connectivity index (χ1n) is 28.2. The van der Waals surface area contributed by atoms with Gasteiger partial charge in [-0.25, -0.2) is 0 Å². The second-order valence-electron chi connectivity index (χ2n) is 20.0. The second-order valence-corrected chi connectivity index (χ2v) is 20.0. The molecule has 0 aromatic heterocycles. The molecule has 0 saturated carbocycles. The molecule has 1 rings (SSSR count). The first-order chi connectivity index (χ1) is 32.7. The molecule has 8 N–H and O–H groups in total. The topological polar surface area (TPSA) is 189 Å². The normalized spacial score (nSPS) is 20.8. The van der Waals surface area contributed by atoms with Crippen LogP contribution in [-0.2, 0) is 14.3 Å². The lowest BCUT2D eigenvalue weighted by molar-refractivity contribution is -0.303. The second kappa shape index (κ2) is 45.7. The van der Waals surface area contributed by atoms with E-state index in [1.807, 2.05) is 0 Å². The molecule has 9 atom stereocenters. The molecule has 9 unspecified atom stereocenters. The molecular weight excluding hydrogens is 847 g/mol. The minimum absolute atomic E-state index is 0.256. The maximum Gasteiger partial charge on any atom is 0.249 e. The van der Waals surface area contributed by atoms with Gasteiger partial charge in [-0.1, -0.05) is 218 Å². The van der Waals surface area contributed by atoms with E-state index in [0.717, 1.165) is 38.5 Å². The number of aliphatic hydroxyl groups is 7. The van der Waals surface area contributed by atoms with Gasteiger partial charge in [-0.15, -0.1) is 0 Å². The average molecular weight is 954 g/mol. The number of ether oxygens (including phenoxy) is 2. The van der Waals surface area contributed by atoms with E-state index in [1.165, 1.54) is 180 Å². The van der Waals surface area contributed by atoms with E-state index in [0.29, 0.717) is 12.8 Å². The first kappa shape index (κ1) is 63.6. The SMILES string of the molecule is CCCCCCCC/C=C/CCCC(O)C(O)C(COC1OC(CO)C(O)C(O)C1O)NC(=O)C(O)CCCCCCCCCCCCCCC/C=C\CCCCCCCCCCCCCC. The molecule has 0 bridgehead atoms. The van der Waals surface area contributed by atoms with Gasteiger partial charge >= 0.3 is 0 Å². The van der Waals surface area contributed by atoms with Gasteiger partial charge in [0.15, 0.2) is 6.29 Å². The smallest absolute Gasteiger partial charge is 0.249 e. The third kappa shape index (κ3) is 34.5. The average Bonchev–Trinajstić information content (AvgIpc) is 3.33. The lowest BCUT2D eigenvalue weighted by Gasteiger charge is -2.40. The van der Waals surface area contributed by atoms with Gasteiger partial charge in [0.05, 0.1) is 25.4 Å². The number of carbonyl (C=O) groups is 1. The fourth-order valence-electron chi connectivity index (χ4n) is 9.08. The van der Waals surface area contributed by atoms with Crippen molar-refractivity contribution in [3.63, 3.8) is 0 Å². The van der Waals surface area contributed by atoms with Gasteiger partial charge in [0, 0.05) is 0 Å². The monoisotopic (exact) mass is 954 g/mol. The molecule has 396 valence electrons. The van der Waals surface area contributed by atoms with Crippen LogP contribution in [0.4, 0.5) is 0 Å². The molecule has 1 aliphatic rings. The van der Waals surface area contributed by atoms with E-state index in [2.05, 4.69) is 43.5 Å². The summed E-state index contributed by atoms with van der Waals surface area (Å²) in [6.45, 7) is 3.43. The minimum atomic E-state index is -1.67. The lowest BCUT2D eigenvalue weighted by Crippen LogP contribution is -2.60. The van der Waals surface area contributed by atoms with Gasteiger partial charge in [-0.3, -0.25) is 4.79 Å². The predicted molar refractivity (Wildman–Crippen MR) is 275 cm³/mol. The number of aliphatic hydroxyl groups excluding tert-OH is 7. The molecule has 11 heteroatoms. The van der Waals surface area contributed by atoms with Gasteiger partial charge in [-0.2, -0.15) is 0 Å². The Bertz CT molecular complexity index is 1140. The Morgan fingerprint density at radius 1 is 0.507 bits per heavy atom. The van der Waals surface area contributed by atoms with Crippen molar-refractivity contribution in [2.75, 3.05) is 13.2 Å². The highest BCUT2D eigenvalue weighted by atomic mass is 16.7. The molecule has 0 aliphatic carbocycles. The van der Waals surface area contributed by atoms with Crippen LogP contribution in [0.15, 0.2) is 24.3 Å². The molecule has 67 heavy (non-hydrogen) atoms. The Hall–Kier alpha value is -1.41. The van der Waals surface area contributed by atoms with Crippen LogP contribution in [0, 0.1) is 0 Å². The van der Waals surface area contributed by atoms with Crippen LogP contribution in [-0.4, -0.2) is 110 Å². The van der Waals surface area contributed by atoms with Crippen molar-refractivity contribution in [1.82, 2.24) is 5.32 Å². The number of rotatable bonds is 48. The number of hydrogen-bond donors (Lipinski definition) is 8. The summed E-state index contributed by atoms with van der Waals surface area (Å²) in [6, 6.07) is -1.18. The highest BCUT2D eigenvalue weighted by Crippen LogP contribution is 2.23. The quantitative estimate of drug-likeness (QED) is 0.0215. The Morgan fingerprint density at radius 3 is 1.28 bits per heavy atom. The maximum atomic E-state index is 13.1. The van der Waals surface area contributed by atoms with Gasteiger partial charge in [0.1, 0.15) is 36.6 Å². The number of amides is 1. The number of nitrogens with one attached hydrogen (secondary N) is 1. The minimum Gasteiger partial charge on any atom is -0.394 e. The van der Waals surface area contributed by atoms with E-state index in [-0.39, 0.29) is 12.8 Å². The molecule has 1 aliphatic heterocycles. The molecule has 0 radical (unpaired) electrons. The third-order valence-electron chi connectivity index (χ3n) is 13.7. The largest absolute Gasteiger partial charge is 0.394 e. The molecule has 0 aromatic rings. The molecule has 0 spiro atoms. The first-order valence-corrected chi connectivity index (χ1v) is 28.2. The van der Waals surface area contributed by atoms with Crippen molar-refractivity contribution in [3.05, 3.63) is 24.3 Å². The fourth-order valence-corrected chi connectivity index (χ4v) is 9.08. The summed E-state index contributed by atoms with van der Waals surface area (Å²) in [4.78, 5) is 13.1. The predicted octanol–water partition coefficient (Wildman–Crippen LogP) is 11.3. The van der Waals surface area contributed by atoms with Crippen molar-refractivity contribution >= 4 is 5.91 Å². The zero-order chi connectivity index (χ0) is 49.0. The van der Waals surface area contributed by atoms with Crippen LogP contribution in [0.2, 0.25) is 0 Å². The van der Waals surface area contributed by atoms with Crippen molar-refractivity contribution in [1.29, 1.82) is 0 Å². The van der Waals surface area contributed by atoms with Crippen molar-refractivity contribution < 1.29 is 50.0 Å². The number of unbranched alkanes of at least 4 members (excludes halogenated alkanes) is 32. The standard InChI is InChI=1S/C56H107NO10/c1-3-5-7-9-11-13-15-16-17-18-19-20-21-22-23-24-25-26-27-28-29-30-31-32-34-36-38-40-42-44-49(60)55(65)57-47(46-66-56-54(64)53(63)52(62)50(45-58)67-56)51(61)48(59)43-41-39-37-35-33-14-12-10-8-6-4-2/h22-23,35,37,47-54,56,58-64H,3-21,24-34,36,38-46H2,1-2H3,(H,57,65)/b23-22-,37-35+. The van der Waals surface area contributed by atoms with Gasteiger partial charge < -0.3 is 50.5 Å². The van der Waals surface area contributed by atoms with Crippen LogP contribution in [0.25, 0.3) is 0 Å². The van der Waals surface area contributed by atoms with Crippen LogP contribution in [0.1, 0.15) is 258 Å². The van der Waals surface area contributed by atoms with Crippen molar-refractivity contribution in [2.45, 2.75) is 313 Å². The summed E-state index contributed by atoms with van der Waals surface area (Å²) in [6.07, 6.45) is 42.6. The van der Waals surface area contributed by atoms with Crippen LogP contribution in [0.3, 0.4) is 0 Å². The van der Waals surface area contributed by atoms with Gasteiger partial charge in [-0.05, 0) is 64.2 Å². The Balaban J connectivity index is 2.22. The molecule has 0 aromatic carbocycles. The van der Waals surface area contributed by atoms with E-state index in [1.54, 1.807) is 0 Å². The summed E-state index contributed by atoms with van der Waals surface area (Å²) < 4.78 is 11.1. The molecule has 1 saturated heterocycles. The molecular formula is C56H107NO10. The lowest BCUT2D eigenvalue weighted by atomic mass is 9.98. The summed E-state index contributed by atoms with van der Waals surface area (Å²) in [7, 11) is 0. The van der Waals surface area contributed by atoms with Crippen LogP contribution in [0.5, 0.6) is 0 Å². The molecule has 1 fully saturated rings. The maximum absolute atomic E-state index is 13.1. The number of carbonyl (C=O) groups excluding carboxylic acids is 1. The van der Waals surface area contributed by atoms with E-state index in [4.69, 9.17) is 9.47 Å². The zero-order valence-electron chi connectivity index (χ0n) is 43.1. The number of hydrogen-bond acceptors (Lipinski definition) is 10. The van der Waals surface area contributed by atoms with Crippen LogP contribution >= 0.6 is 0 Å². The summed E-state index contributed by atoms with van der Waals surface area (Å²) >= 11 is 0. The van der Waals surface area contributed by atoms with Gasteiger partial charge in [0.25, 0.3) is 0 Å². The molecule has 11 nitrogen and oxygen atoms in total. The Morgan fingerprint density at radius 2 is 0.881 bits per heavy atom. The molecule has 1 heterocycles. The summed E-state index contributed by atoms with van der Waals surface area (Å²) in [5, 5.41) is 75.8. The Labute approximate surface area is 410 Å². The zero-order valence-corrected chi connectivity index (χ0v) is 43.1. The van der Waals surface area contributed by atoms with Crippen LogP contribution < -0.4 is 5.32 Å². The van der Waals surface area contributed by atoms with E-state index in [9.17, 15) is 40.5 Å². The Kier molecular flexibility index (Phi) is 43.4. The van der Waals surface area contributed by atoms with E-state index >= 15 is 0 Å². The van der Waals surface area contributed by atoms with Gasteiger partial charge in [0.2, 0.25) is 5.91 Å². The van der Waals surface area contributed by atoms with Crippen molar-refractivity contribution in [3.8, 4) is 0 Å². The summed E-state index contributed by atoms with van der Waals surface area (Å²) in [5.74, 6) is -0.705. The number of allylic oxidation sites excluding steroid dienone is 4. The third-order valence-corrected chi connectivity index (χ3v) is 13.7. The van der Waals surface area contributed by atoms with E-state index < -0.39 is 74.2 Å².